The summed E-state index contributed by atoms with van der Waals surface area (Å²) in [6.45, 7) is 2.14. The molecule has 0 spiro atoms. The van der Waals surface area contributed by atoms with Crippen LogP contribution in [0.1, 0.15) is 24.4 Å². The van der Waals surface area contributed by atoms with Gasteiger partial charge in [0.1, 0.15) is 24.2 Å². The van der Waals surface area contributed by atoms with Gasteiger partial charge in [-0.05, 0) is 12.1 Å². The van der Waals surface area contributed by atoms with Crippen molar-refractivity contribution in [1.29, 1.82) is 0 Å². The van der Waals surface area contributed by atoms with E-state index in [-0.39, 0.29) is 12.1 Å². The SMILES string of the molecule is NC1COc2cc(OC3CCOCC3)ccc21. The molecule has 2 aliphatic rings. The van der Waals surface area contributed by atoms with Crippen molar-refractivity contribution in [2.24, 2.45) is 5.73 Å². The molecule has 0 aliphatic carbocycles. The Balaban J connectivity index is 1.71. The molecule has 0 radical (unpaired) electrons. The fourth-order valence-electron chi connectivity index (χ4n) is 2.27. The van der Waals surface area contributed by atoms with Gasteiger partial charge in [0.25, 0.3) is 0 Å². The van der Waals surface area contributed by atoms with Crippen LogP contribution in [0, 0.1) is 0 Å². The highest BCUT2D eigenvalue weighted by molar-refractivity contribution is 5.44. The topological polar surface area (TPSA) is 53.7 Å². The van der Waals surface area contributed by atoms with E-state index in [1.807, 2.05) is 18.2 Å². The largest absolute Gasteiger partial charge is 0.491 e. The number of hydrogen-bond acceptors (Lipinski definition) is 4. The standard InChI is InChI=1S/C13H17NO3/c14-12-8-16-13-7-10(1-2-11(12)13)17-9-3-5-15-6-4-9/h1-2,7,9,12H,3-6,8,14H2. The summed E-state index contributed by atoms with van der Waals surface area (Å²) in [6.07, 6.45) is 2.17. The smallest absolute Gasteiger partial charge is 0.127 e. The number of rotatable bonds is 2. The summed E-state index contributed by atoms with van der Waals surface area (Å²) >= 11 is 0. The van der Waals surface area contributed by atoms with Gasteiger partial charge in [-0.25, -0.2) is 0 Å². The second-order valence-electron chi connectivity index (χ2n) is 4.55. The molecule has 2 aliphatic heterocycles. The van der Waals surface area contributed by atoms with Crippen molar-refractivity contribution in [3.05, 3.63) is 23.8 Å². The molecular formula is C13H17NO3. The van der Waals surface area contributed by atoms with Crippen molar-refractivity contribution in [3.63, 3.8) is 0 Å². The molecule has 2 heterocycles. The van der Waals surface area contributed by atoms with Gasteiger partial charge < -0.3 is 19.9 Å². The highest BCUT2D eigenvalue weighted by atomic mass is 16.5. The van der Waals surface area contributed by atoms with E-state index >= 15 is 0 Å². The van der Waals surface area contributed by atoms with Crippen LogP contribution >= 0.6 is 0 Å². The summed E-state index contributed by atoms with van der Waals surface area (Å²) in [6, 6.07) is 5.92. The highest BCUT2D eigenvalue weighted by Gasteiger charge is 2.22. The van der Waals surface area contributed by atoms with Gasteiger partial charge in [0.15, 0.2) is 0 Å². The van der Waals surface area contributed by atoms with Gasteiger partial charge in [-0.2, -0.15) is 0 Å². The molecule has 0 aromatic heterocycles. The predicted octanol–water partition coefficient (Wildman–Crippen LogP) is 1.64. The van der Waals surface area contributed by atoms with E-state index in [0.29, 0.717) is 6.61 Å². The monoisotopic (exact) mass is 235 g/mol. The lowest BCUT2D eigenvalue weighted by molar-refractivity contribution is 0.0255. The third kappa shape index (κ3) is 2.23. The van der Waals surface area contributed by atoms with E-state index in [4.69, 9.17) is 19.9 Å². The molecule has 1 saturated heterocycles. The third-order valence-corrected chi connectivity index (χ3v) is 3.27. The van der Waals surface area contributed by atoms with E-state index in [0.717, 1.165) is 43.1 Å². The molecular weight excluding hydrogens is 218 g/mol. The van der Waals surface area contributed by atoms with Gasteiger partial charge in [0.05, 0.1) is 19.3 Å². The van der Waals surface area contributed by atoms with Crippen molar-refractivity contribution in [3.8, 4) is 11.5 Å². The first kappa shape index (κ1) is 10.9. The zero-order chi connectivity index (χ0) is 11.7. The van der Waals surface area contributed by atoms with Gasteiger partial charge in [-0.1, -0.05) is 0 Å². The molecule has 4 heteroatoms. The molecule has 1 unspecified atom stereocenters. The number of nitrogens with two attached hydrogens (primary N) is 1. The summed E-state index contributed by atoms with van der Waals surface area (Å²) in [7, 11) is 0. The molecule has 4 nitrogen and oxygen atoms in total. The van der Waals surface area contributed by atoms with E-state index in [9.17, 15) is 0 Å². The minimum absolute atomic E-state index is 0.00197. The lowest BCUT2D eigenvalue weighted by Crippen LogP contribution is -2.25. The Morgan fingerprint density at radius 1 is 1.24 bits per heavy atom. The Morgan fingerprint density at radius 3 is 2.88 bits per heavy atom. The van der Waals surface area contributed by atoms with Crippen LogP contribution in [0.25, 0.3) is 0 Å². The molecule has 0 amide bonds. The van der Waals surface area contributed by atoms with Crippen LogP contribution in [0.4, 0.5) is 0 Å². The van der Waals surface area contributed by atoms with Crippen molar-refractivity contribution >= 4 is 0 Å². The maximum Gasteiger partial charge on any atom is 0.127 e. The first-order chi connectivity index (χ1) is 8.33. The van der Waals surface area contributed by atoms with Gasteiger partial charge in [-0.3, -0.25) is 0 Å². The molecule has 1 atom stereocenters. The van der Waals surface area contributed by atoms with Crippen LogP contribution in [0.3, 0.4) is 0 Å². The first-order valence-corrected chi connectivity index (χ1v) is 6.09. The highest BCUT2D eigenvalue weighted by Crippen LogP contribution is 2.34. The first-order valence-electron chi connectivity index (χ1n) is 6.09. The summed E-state index contributed by atoms with van der Waals surface area (Å²) in [5.74, 6) is 1.73. The Morgan fingerprint density at radius 2 is 2.06 bits per heavy atom. The van der Waals surface area contributed by atoms with Crippen LogP contribution in [0.2, 0.25) is 0 Å². The average molecular weight is 235 g/mol. The quantitative estimate of drug-likeness (QED) is 0.846. The number of hydrogen-bond donors (Lipinski definition) is 1. The van der Waals surface area contributed by atoms with E-state index in [1.54, 1.807) is 0 Å². The van der Waals surface area contributed by atoms with Crippen molar-refractivity contribution in [2.45, 2.75) is 25.0 Å². The molecule has 0 saturated carbocycles. The molecule has 1 fully saturated rings. The maximum absolute atomic E-state index is 5.91. The minimum atomic E-state index is 0.00197. The van der Waals surface area contributed by atoms with Crippen molar-refractivity contribution < 1.29 is 14.2 Å². The minimum Gasteiger partial charge on any atom is -0.491 e. The van der Waals surface area contributed by atoms with Crippen LogP contribution in [-0.2, 0) is 4.74 Å². The van der Waals surface area contributed by atoms with Crippen LogP contribution in [-0.4, -0.2) is 25.9 Å². The van der Waals surface area contributed by atoms with Gasteiger partial charge in [0, 0.05) is 24.5 Å². The van der Waals surface area contributed by atoms with Crippen LogP contribution < -0.4 is 15.2 Å². The maximum atomic E-state index is 5.91. The van der Waals surface area contributed by atoms with Gasteiger partial charge in [0.2, 0.25) is 0 Å². The second kappa shape index (κ2) is 4.55. The number of fused-ring (bicyclic) bond motifs is 1. The van der Waals surface area contributed by atoms with Crippen LogP contribution in [0.5, 0.6) is 11.5 Å². The third-order valence-electron chi connectivity index (χ3n) is 3.27. The average Bonchev–Trinajstić information content (AvgIpc) is 2.72. The van der Waals surface area contributed by atoms with E-state index in [2.05, 4.69) is 0 Å². The number of ether oxygens (including phenoxy) is 3. The van der Waals surface area contributed by atoms with Gasteiger partial charge >= 0.3 is 0 Å². The summed E-state index contributed by atoms with van der Waals surface area (Å²) in [5, 5.41) is 0. The molecule has 92 valence electrons. The Kier molecular flexibility index (Phi) is 2.91. The van der Waals surface area contributed by atoms with Crippen molar-refractivity contribution in [1.82, 2.24) is 0 Å². The lowest BCUT2D eigenvalue weighted by atomic mass is 10.1. The zero-order valence-electron chi connectivity index (χ0n) is 9.72. The Labute approximate surface area is 101 Å². The molecule has 1 aromatic carbocycles. The summed E-state index contributed by atoms with van der Waals surface area (Å²) in [4.78, 5) is 0. The van der Waals surface area contributed by atoms with E-state index < -0.39 is 0 Å². The normalized spacial score (nSPS) is 24.2. The van der Waals surface area contributed by atoms with Gasteiger partial charge in [-0.15, -0.1) is 0 Å². The van der Waals surface area contributed by atoms with Crippen LogP contribution in [0.15, 0.2) is 18.2 Å². The summed E-state index contributed by atoms with van der Waals surface area (Å²) in [5.41, 5.74) is 6.97. The lowest BCUT2D eigenvalue weighted by Gasteiger charge is -2.23. The second-order valence-corrected chi connectivity index (χ2v) is 4.55. The molecule has 1 aromatic rings. The predicted molar refractivity (Wildman–Crippen MR) is 63.3 cm³/mol. The fourth-order valence-corrected chi connectivity index (χ4v) is 2.27. The zero-order valence-corrected chi connectivity index (χ0v) is 9.72. The Bertz CT molecular complexity index is 402. The molecule has 2 N–H and O–H groups in total. The molecule has 0 bridgehead atoms. The fraction of sp³-hybridized carbons (Fsp3) is 0.538. The van der Waals surface area contributed by atoms with Crippen molar-refractivity contribution in [2.75, 3.05) is 19.8 Å². The van der Waals surface area contributed by atoms with E-state index in [1.165, 1.54) is 0 Å². The molecule has 3 rings (SSSR count). The number of benzene rings is 1. The Hall–Kier alpha value is -1.26. The molecule has 17 heavy (non-hydrogen) atoms. The summed E-state index contributed by atoms with van der Waals surface area (Å²) < 4.78 is 16.7.